The molecule has 184 valence electrons. The van der Waals surface area contributed by atoms with Gasteiger partial charge in [-0.05, 0) is 74.8 Å². The molecule has 7 heteroatoms. The highest BCUT2D eigenvalue weighted by Gasteiger charge is 2.73. The Labute approximate surface area is 209 Å². The summed E-state index contributed by atoms with van der Waals surface area (Å²) >= 11 is 0. The Bertz CT molecular complexity index is 1310. The minimum absolute atomic E-state index is 0.0147. The number of furan rings is 1. The fourth-order valence-corrected chi connectivity index (χ4v) is 7.50. The lowest BCUT2D eigenvalue weighted by molar-refractivity contribution is -0.200. The van der Waals surface area contributed by atoms with Crippen molar-refractivity contribution < 1.29 is 28.3 Å². The molecule has 5 aliphatic rings. The third-order valence-corrected chi connectivity index (χ3v) is 9.26. The third-order valence-electron chi connectivity index (χ3n) is 9.26. The second-order valence-electron chi connectivity index (χ2n) is 11.0. The molecule has 3 aliphatic carbocycles. The average Bonchev–Trinajstić information content (AvgIpc) is 3.37. The van der Waals surface area contributed by atoms with Gasteiger partial charge < -0.3 is 24.3 Å². The molecule has 3 heterocycles. The van der Waals surface area contributed by atoms with Crippen LogP contribution in [-0.2, 0) is 16.6 Å². The van der Waals surface area contributed by atoms with Gasteiger partial charge in [-0.25, -0.2) is 0 Å². The molecule has 7 rings (SSSR count). The number of hydrogen-bond donors (Lipinski definition) is 2. The van der Waals surface area contributed by atoms with Crippen LogP contribution in [0.5, 0.6) is 11.5 Å². The van der Waals surface area contributed by atoms with Crippen molar-refractivity contribution in [3.05, 3.63) is 53.5 Å². The maximum absolute atomic E-state index is 13.5. The number of carbonyl (C=O) groups excluding carboxylic acids is 1. The molecule has 1 saturated heterocycles. The molecule has 3 fully saturated rings. The highest BCUT2D eigenvalue weighted by atomic mass is 16.5. The van der Waals surface area contributed by atoms with Gasteiger partial charge in [-0.2, -0.15) is 0 Å². The lowest BCUT2D eigenvalue weighted by Crippen LogP contribution is -2.78. The Morgan fingerprint density at radius 3 is 2.97 bits per heavy atom. The number of carbonyl (C=O) groups is 1. The number of aliphatic hydroxyl groups is 1. The maximum Gasteiger partial charge on any atom is 0.246 e. The molecule has 1 amide bonds. The second-order valence-corrected chi connectivity index (χ2v) is 11.0. The first-order valence-corrected chi connectivity index (χ1v) is 12.7. The predicted octanol–water partition coefficient (Wildman–Crippen LogP) is 3.09. The number of likely N-dealkylation sites (N-methyl/N-ethyl adjacent to an activating group) is 1. The number of aromatic hydroxyl groups is 1. The van der Waals surface area contributed by atoms with E-state index < -0.39 is 36.0 Å². The van der Waals surface area contributed by atoms with Crippen LogP contribution >= 0.6 is 0 Å². The van der Waals surface area contributed by atoms with Crippen molar-refractivity contribution in [3.63, 3.8) is 0 Å². The molecule has 7 nitrogen and oxygen atoms in total. The van der Waals surface area contributed by atoms with Crippen molar-refractivity contribution in [1.82, 2.24) is 9.80 Å². The molecule has 1 aromatic heterocycles. The zero-order valence-corrected chi connectivity index (χ0v) is 19.5. The van der Waals surface area contributed by atoms with Gasteiger partial charge in [-0.1, -0.05) is 6.07 Å². The van der Waals surface area contributed by atoms with Crippen molar-refractivity contribution in [2.45, 2.75) is 67.7 Å². The fourth-order valence-electron chi connectivity index (χ4n) is 7.50. The van der Waals surface area contributed by atoms with Gasteiger partial charge >= 0.3 is 0 Å². The van der Waals surface area contributed by atoms with E-state index in [0.717, 1.165) is 29.1 Å². The summed E-state index contributed by atoms with van der Waals surface area (Å²) in [5.74, 6) is 0.334. The number of hydrogen-bond acceptors (Lipinski definition) is 6. The van der Waals surface area contributed by atoms with Crippen LogP contribution < -0.4 is 4.74 Å². The molecule has 0 unspecified atom stereocenters. The fraction of sp³-hybridized carbons (Fsp3) is 0.536. The van der Waals surface area contributed by atoms with Gasteiger partial charge in [-0.3, -0.25) is 9.69 Å². The lowest BCUT2D eigenvalue weighted by atomic mass is 9.48. The summed E-state index contributed by atoms with van der Waals surface area (Å²) < 4.78 is 36.5. The van der Waals surface area contributed by atoms with Crippen LogP contribution in [0.4, 0.5) is 0 Å². The normalized spacial score (nSPS) is 36.7. The van der Waals surface area contributed by atoms with E-state index in [0.29, 0.717) is 36.5 Å². The molecule has 2 saturated carbocycles. The molecule has 2 N–H and O–H groups in total. The van der Waals surface area contributed by atoms with E-state index in [1.807, 2.05) is 6.07 Å². The maximum atomic E-state index is 13.5. The molecule has 0 radical (unpaired) electrons. The molecule has 5 atom stereocenters. The Hall–Kier alpha value is -2.77. The lowest BCUT2D eigenvalue weighted by Gasteiger charge is -2.64. The number of benzene rings is 1. The van der Waals surface area contributed by atoms with Crippen LogP contribution in [0, 0.1) is 5.92 Å². The number of phenols is 1. The first kappa shape index (κ1) is 18.5. The number of amides is 1. The average molecular weight is 480 g/mol. The van der Waals surface area contributed by atoms with Gasteiger partial charge in [0.2, 0.25) is 5.91 Å². The molecule has 2 aromatic rings. The van der Waals surface area contributed by atoms with E-state index >= 15 is 0 Å². The van der Waals surface area contributed by atoms with Crippen LogP contribution in [0.1, 0.15) is 52.9 Å². The zero-order valence-electron chi connectivity index (χ0n) is 22.5. The van der Waals surface area contributed by atoms with E-state index in [9.17, 15) is 15.0 Å². The van der Waals surface area contributed by atoms with Gasteiger partial charge in [0.25, 0.3) is 0 Å². The van der Waals surface area contributed by atoms with Gasteiger partial charge in [0.05, 0.1) is 29.6 Å². The number of piperidine rings is 1. The van der Waals surface area contributed by atoms with Crippen molar-refractivity contribution in [3.8, 4) is 11.5 Å². The zero-order chi connectivity index (χ0) is 26.4. The number of ether oxygens (including phenoxy) is 1. The van der Waals surface area contributed by atoms with Gasteiger partial charge in [-0.15, -0.1) is 0 Å². The number of rotatable bonds is 5. The molecule has 2 aliphatic heterocycles. The minimum atomic E-state index is -2.72. The van der Waals surface area contributed by atoms with Crippen LogP contribution in [0.2, 0.25) is 0 Å². The van der Waals surface area contributed by atoms with E-state index in [4.69, 9.17) is 13.3 Å². The van der Waals surface area contributed by atoms with E-state index in [1.54, 1.807) is 12.1 Å². The molecule has 1 aromatic carbocycles. The highest BCUT2D eigenvalue weighted by Crippen LogP contribution is 2.66. The summed E-state index contributed by atoms with van der Waals surface area (Å²) in [4.78, 5) is 16.9. The van der Waals surface area contributed by atoms with E-state index in [-0.39, 0.29) is 18.2 Å². The van der Waals surface area contributed by atoms with Crippen LogP contribution in [0.25, 0.3) is 6.08 Å². The minimum Gasteiger partial charge on any atom is -0.504 e. The largest absolute Gasteiger partial charge is 0.504 e. The van der Waals surface area contributed by atoms with Crippen molar-refractivity contribution >= 4 is 12.0 Å². The topological polar surface area (TPSA) is 86.4 Å². The summed E-state index contributed by atoms with van der Waals surface area (Å²) in [6.07, 6.45) is 9.25. The highest BCUT2D eigenvalue weighted by molar-refractivity contribution is 5.91. The standard InChI is InChI=1S/C28H32N2O5/c1-29(23(32)7-4-18-9-13-34-16-18)20-8-10-28(33)22-14-19-5-6-21(31)25-24(19)27(28,26(20)35-25)11-12-30(22)15-17-2-3-17/h4-7,9,13,16-17,20,22,26,31,33H,2-3,8,10-12,14-15H2,1H3/b7-4+/t20-,22-,26+,27+,28-/m1/s1/i1D3. The summed E-state index contributed by atoms with van der Waals surface area (Å²) in [6.45, 7) is -1.01. The first-order chi connectivity index (χ1) is 18.1. The number of likely N-dealkylation sites (tertiary alicyclic amines) is 1. The second kappa shape index (κ2) is 7.37. The number of nitrogens with zero attached hydrogens (tertiary/aromatic N) is 2. The third kappa shape index (κ3) is 2.88. The van der Waals surface area contributed by atoms with Crippen molar-refractivity contribution in [2.24, 2.45) is 5.92 Å². The molecular weight excluding hydrogens is 444 g/mol. The van der Waals surface area contributed by atoms with Crippen LogP contribution in [0.15, 0.2) is 41.2 Å². The van der Waals surface area contributed by atoms with Crippen molar-refractivity contribution in [2.75, 3.05) is 20.1 Å². The first-order valence-electron chi connectivity index (χ1n) is 14.2. The Morgan fingerprint density at radius 1 is 1.31 bits per heavy atom. The quantitative estimate of drug-likeness (QED) is 0.641. The molecule has 35 heavy (non-hydrogen) atoms. The monoisotopic (exact) mass is 479 g/mol. The Morgan fingerprint density at radius 2 is 2.20 bits per heavy atom. The SMILES string of the molecule is [2H]C([2H])([2H])N(C(=O)/C=C/c1ccoc1)[C@@H]1CC[C@@]2(O)[C@H]3Cc4ccc(O)c5c4[C@@]2(CCN3CC2CC2)[C@H]1O5. The molecule has 1 spiro atoms. The Kier molecular flexibility index (Phi) is 3.89. The number of phenolic OH excluding ortho intramolecular Hbond substituents is 1. The smallest absolute Gasteiger partial charge is 0.246 e. The summed E-state index contributed by atoms with van der Waals surface area (Å²) in [5, 5.41) is 23.4. The van der Waals surface area contributed by atoms with Crippen LogP contribution in [-0.4, -0.2) is 69.8 Å². The van der Waals surface area contributed by atoms with Gasteiger partial charge in [0, 0.05) is 40.9 Å². The summed E-state index contributed by atoms with van der Waals surface area (Å²) in [6, 6.07) is 4.30. The van der Waals surface area contributed by atoms with Crippen LogP contribution in [0.3, 0.4) is 0 Å². The Balaban J connectivity index is 1.32. The van der Waals surface area contributed by atoms with E-state index in [1.165, 1.54) is 37.5 Å². The summed E-state index contributed by atoms with van der Waals surface area (Å²) in [7, 11) is 0. The van der Waals surface area contributed by atoms with Gasteiger partial charge in [0.15, 0.2) is 11.5 Å². The predicted molar refractivity (Wildman–Crippen MR) is 129 cm³/mol. The molecule has 2 bridgehead atoms. The van der Waals surface area contributed by atoms with Gasteiger partial charge in [0.1, 0.15) is 6.10 Å². The molecular formula is C28H32N2O5. The van der Waals surface area contributed by atoms with E-state index in [2.05, 4.69) is 4.90 Å². The summed E-state index contributed by atoms with van der Waals surface area (Å²) in [5.41, 5.74) is 0.438. The van der Waals surface area contributed by atoms with Crippen molar-refractivity contribution in [1.29, 1.82) is 0 Å².